The van der Waals surface area contributed by atoms with Crippen LogP contribution in [0.15, 0.2) is 24.3 Å². The minimum Gasteiger partial charge on any atom is -0.508 e. The van der Waals surface area contributed by atoms with E-state index >= 15 is 0 Å². The zero-order chi connectivity index (χ0) is 15.6. The highest BCUT2D eigenvalue weighted by molar-refractivity contribution is 6.30. The second-order valence-electron chi connectivity index (χ2n) is 5.12. The Morgan fingerprint density at radius 1 is 1.38 bits per heavy atom. The molecule has 1 heterocycles. The third kappa shape index (κ3) is 3.62. The Balaban J connectivity index is 2.03. The Hall–Kier alpha value is -1.85. The van der Waals surface area contributed by atoms with E-state index in [9.17, 15) is 9.90 Å². The summed E-state index contributed by atoms with van der Waals surface area (Å²) in [6.45, 7) is 2.73. The normalized spacial score (nSPS) is 11.1. The summed E-state index contributed by atoms with van der Waals surface area (Å²) in [6.07, 6.45) is 0. The molecule has 0 aliphatic rings. The number of carbonyl (C=O) groups is 1. The molecular formula is C15H18ClN3O2. The van der Waals surface area contributed by atoms with Crippen LogP contribution in [0.5, 0.6) is 5.75 Å². The van der Waals surface area contributed by atoms with Crippen LogP contribution in [0.3, 0.4) is 0 Å². The first kappa shape index (κ1) is 15.5. The summed E-state index contributed by atoms with van der Waals surface area (Å²) in [7, 11) is 3.65. The lowest BCUT2D eigenvalue weighted by atomic mass is 10.1. The topological polar surface area (TPSA) is 58.4 Å². The van der Waals surface area contributed by atoms with Gasteiger partial charge in [0.05, 0.1) is 12.2 Å². The van der Waals surface area contributed by atoms with E-state index in [0.29, 0.717) is 17.3 Å². The quantitative estimate of drug-likeness (QED) is 0.862. The summed E-state index contributed by atoms with van der Waals surface area (Å²) in [5, 5.41) is 14.1. The minimum atomic E-state index is -0.00448. The number of phenolic OH excluding ortho intramolecular Hbond substituents is 1. The van der Waals surface area contributed by atoms with Crippen LogP contribution >= 0.6 is 11.6 Å². The Kier molecular flexibility index (Phi) is 4.65. The fourth-order valence-electron chi connectivity index (χ4n) is 2.16. The van der Waals surface area contributed by atoms with Gasteiger partial charge in [0.25, 0.3) is 0 Å². The lowest BCUT2D eigenvalue weighted by Gasteiger charge is -2.15. The number of phenols is 1. The van der Waals surface area contributed by atoms with Crippen molar-refractivity contribution in [3.05, 3.63) is 46.2 Å². The molecule has 0 saturated heterocycles. The summed E-state index contributed by atoms with van der Waals surface area (Å²) in [6, 6.07) is 6.26. The maximum absolute atomic E-state index is 12.2. The molecule has 0 bridgehead atoms. The van der Waals surface area contributed by atoms with Crippen molar-refractivity contribution in [2.24, 2.45) is 7.05 Å². The van der Waals surface area contributed by atoms with E-state index in [2.05, 4.69) is 5.10 Å². The van der Waals surface area contributed by atoms with Crippen molar-refractivity contribution in [1.82, 2.24) is 14.7 Å². The lowest BCUT2D eigenvalue weighted by Crippen LogP contribution is -2.25. The number of hydrogen-bond acceptors (Lipinski definition) is 4. The molecule has 1 aromatic carbocycles. The van der Waals surface area contributed by atoms with Crippen molar-refractivity contribution in [1.29, 1.82) is 0 Å². The summed E-state index contributed by atoms with van der Waals surface area (Å²) < 4.78 is 1.63. The number of rotatable bonds is 5. The molecule has 6 heteroatoms. The molecule has 0 unspecified atom stereocenters. The van der Waals surface area contributed by atoms with Gasteiger partial charge in [-0.2, -0.15) is 5.10 Å². The van der Waals surface area contributed by atoms with Gasteiger partial charge in [-0.3, -0.25) is 14.4 Å². The standard InChI is InChI=1S/C15H18ClN3O2/c1-10-13(15(16)19(3)17-10)8-18(2)9-14(21)11-4-6-12(20)7-5-11/h4-7,20H,8-9H2,1-3H3. The molecule has 0 amide bonds. The fraction of sp³-hybridized carbons (Fsp3) is 0.333. The average molecular weight is 308 g/mol. The van der Waals surface area contributed by atoms with Crippen molar-refractivity contribution >= 4 is 17.4 Å². The number of Topliss-reactive ketones (excluding diaryl/α,β-unsaturated/α-hetero) is 1. The molecule has 0 atom stereocenters. The number of nitrogens with zero attached hydrogens (tertiary/aromatic N) is 3. The molecule has 5 nitrogen and oxygen atoms in total. The van der Waals surface area contributed by atoms with Crippen LogP contribution in [0.2, 0.25) is 5.15 Å². The van der Waals surface area contributed by atoms with Gasteiger partial charge in [0.15, 0.2) is 5.78 Å². The maximum atomic E-state index is 12.2. The summed E-state index contributed by atoms with van der Waals surface area (Å²) >= 11 is 6.19. The Morgan fingerprint density at radius 3 is 2.52 bits per heavy atom. The monoisotopic (exact) mass is 307 g/mol. The van der Waals surface area contributed by atoms with Crippen LogP contribution in [0.4, 0.5) is 0 Å². The number of ketones is 1. The van der Waals surface area contributed by atoms with E-state index in [4.69, 9.17) is 11.6 Å². The minimum absolute atomic E-state index is 0.00448. The van der Waals surface area contributed by atoms with Crippen molar-refractivity contribution in [2.75, 3.05) is 13.6 Å². The van der Waals surface area contributed by atoms with Crippen LogP contribution in [-0.2, 0) is 13.6 Å². The average Bonchev–Trinajstić information content (AvgIpc) is 2.66. The maximum Gasteiger partial charge on any atom is 0.176 e. The van der Waals surface area contributed by atoms with E-state index < -0.39 is 0 Å². The highest BCUT2D eigenvalue weighted by Gasteiger charge is 2.15. The van der Waals surface area contributed by atoms with Gasteiger partial charge in [-0.05, 0) is 38.2 Å². The Morgan fingerprint density at radius 2 is 2.00 bits per heavy atom. The molecule has 112 valence electrons. The predicted octanol–water partition coefficient (Wildman–Crippen LogP) is 2.40. The number of halogens is 1. The van der Waals surface area contributed by atoms with E-state index in [0.717, 1.165) is 11.3 Å². The largest absolute Gasteiger partial charge is 0.508 e. The van der Waals surface area contributed by atoms with Crippen LogP contribution in [0.1, 0.15) is 21.6 Å². The van der Waals surface area contributed by atoms with Gasteiger partial charge in [0.2, 0.25) is 0 Å². The molecular weight excluding hydrogens is 290 g/mol. The van der Waals surface area contributed by atoms with Crippen LogP contribution in [0.25, 0.3) is 0 Å². The molecule has 21 heavy (non-hydrogen) atoms. The summed E-state index contributed by atoms with van der Waals surface area (Å²) in [4.78, 5) is 14.0. The second-order valence-corrected chi connectivity index (χ2v) is 5.48. The van der Waals surface area contributed by atoms with Gasteiger partial charge < -0.3 is 5.11 Å². The zero-order valence-electron chi connectivity index (χ0n) is 12.3. The third-order valence-electron chi connectivity index (χ3n) is 3.30. The highest BCUT2D eigenvalue weighted by atomic mass is 35.5. The van der Waals surface area contributed by atoms with Gasteiger partial charge in [0.1, 0.15) is 10.9 Å². The van der Waals surface area contributed by atoms with Gasteiger partial charge in [-0.1, -0.05) is 11.6 Å². The predicted molar refractivity (Wildman–Crippen MR) is 81.7 cm³/mol. The first-order valence-electron chi connectivity index (χ1n) is 6.57. The number of likely N-dealkylation sites (N-methyl/N-ethyl adjacent to an activating group) is 1. The third-order valence-corrected chi connectivity index (χ3v) is 3.77. The molecule has 2 aromatic rings. The van der Waals surface area contributed by atoms with Crippen LogP contribution in [-0.4, -0.2) is 39.2 Å². The van der Waals surface area contributed by atoms with E-state index in [-0.39, 0.29) is 18.1 Å². The van der Waals surface area contributed by atoms with Gasteiger partial charge in [0, 0.05) is 24.7 Å². The van der Waals surface area contributed by atoms with Crippen molar-refractivity contribution in [2.45, 2.75) is 13.5 Å². The van der Waals surface area contributed by atoms with Gasteiger partial charge in [-0.15, -0.1) is 0 Å². The molecule has 0 radical (unpaired) electrons. The van der Waals surface area contributed by atoms with Crippen molar-refractivity contribution in [3.8, 4) is 5.75 Å². The Bertz CT molecular complexity index is 650. The summed E-state index contributed by atoms with van der Waals surface area (Å²) in [5.41, 5.74) is 2.38. The molecule has 0 fully saturated rings. The molecule has 0 saturated carbocycles. The van der Waals surface area contributed by atoms with Crippen molar-refractivity contribution < 1.29 is 9.90 Å². The highest BCUT2D eigenvalue weighted by Crippen LogP contribution is 2.20. The van der Waals surface area contributed by atoms with E-state index in [1.807, 2.05) is 18.9 Å². The number of benzene rings is 1. The number of carbonyl (C=O) groups excluding carboxylic acids is 1. The Labute approximate surface area is 128 Å². The first-order chi connectivity index (χ1) is 9.88. The number of aryl methyl sites for hydroxylation is 2. The molecule has 0 spiro atoms. The second kappa shape index (κ2) is 6.28. The zero-order valence-corrected chi connectivity index (χ0v) is 13.1. The lowest BCUT2D eigenvalue weighted by molar-refractivity contribution is 0.0943. The van der Waals surface area contributed by atoms with Gasteiger partial charge in [-0.25, -0.2) is 0 Å². The SMILES string of the molecule is Cc1nn(C)c(Cl)c1CN(C)CC(=O)c1ccc(O)cc1. The number of aromatic hydroxyl groups is 1. The molecule has 1 aromatic heterocycles. The van der Waals surface area contributed by atoms with E-state index in [1.54, 1.807) is 23.9 Å². The van der Waals surface area contributed by atoms with Gasteiger partial charge >= 0.3 is 0 Å². The van der Waals surface area contributed by atoms with Crippen molar-refractivity contribution in [3.63, 3.8) is 0 Å². The smallest absolute Gasteiger partial charge is 0.176 e. The fourth-order valence-corrected chi connectivity index (χ4v) is 2.40. The molecule has 0 aliphatic heterocycles. The summed E-state index contributed by atoms with van der Waals surface area (Å²) in [5.74, 6) is 0.146. The molecule has 1 N–H and O–H groups in total. The first-order valence-corrected chi connectivity index (χ1v) is 6.95. The van der Waals surface area contributed by atoms with Crippen LogP contribution < -0.4 is 0 Å². The number of hydrogen-bond donors (Lipinski definition) is 1. The number of aromatic nitrogens is 2. The van der Waals surface area contributed by atoms with Crippen LogP contribution in [0, 0.1) is 6.92 Å². The molecule has 0 aliphatic carbocycles. The molecule has 2 rings (SSSR count). The van der Waals surface area contributed by atoms with E-state index in [1.165, 1.54) is 12.1 Å².